The molecule has 4 rings (SSSR count). The van der Waals surface area contributed by atoms with E-state index in [1.165, 1.54) is 0 Å². The quantitative estimate of drug-likeness (QED) is 0.257. The third-order valence-corrected chi connectivity index (χ3v) is 10.1. The van der Waals surface area contributed by atoms with E-state index in [1.807, 2.05) is 103 Å². The van der Waals surface area contributed by atoms with Crippen LogP contribution in [-0.2, 0) is 15.4 Å². The number of phenols is 1. The van der Waals surface area contributed by atoms with E-state index in [0.717, 1.165) is 33.0 Å². The van der Waals surface area contributed by atoms with Gasteiger partial charge in [0.25, 0.3) is 0 Å². The van der Waals surface area contributed by atoms with Gasteiger partial charge in [0.15, 0.2) is 7.14 Å². The van der Waals surface area contributed by atoms with Crippen molar-refractivity contribution < 1.29 is 9.67 Å². The number of rotatable bonds is 6. The van der Waals surface area contributed by atoms with Gasteiger partial charge in [0, 0.05) is 16.3 Å². The number of benzene rings is 4. The van der Waals surface area contributed by atoms with Gasteiger partial charge in [-0.1, -0.05) is 120 Å². The molecule has 0 spiro atoms. The van der Waals surface area contributed by atoms with Crippen LogP contribution in [0.3, 0.4) is 0 Å². The molecule has 4 aromatic carbocycles. The summed E-state index contributed by atoms with van der Waals surface area (Å²) in [5, 5.41) is 16.6. The van der Waals surface area contributed by atoms with Crippen LogP contribution in [0.4, 0.5) is 5.69 Å². The van der Waals surface area contributed by atoms with Crippen LogP contribution < -0.4 is 15.9 Å². The van der Waals surface area contributed by atoms with Crippen LogP contribution in [0.25, 0.3) is 0 Å². The molecule has 0 aliphatic rings. The van der Waals surface area contributed by atoms with Crippen LogP contribution in [0.2, 0.25) is 0 Å². The Bertz CT molecular complexity index is 1310. The second kappa shape index (κ2) is 10.2. The van der Waals surface area contributed by atoms with Crippen molar-refractivity contribution in [1.29, 1.82) is 0 Å². The van der Waals surface area contributed by atoms with Gasteiger partial charge in [-0.05, 0) is 51.8 Å². The van der Waals surface area contributed by atoms with Gasteiger partial charge >= 0.3 is 0 Å². The molecule has 1 unspecified atom stereocenters. The Balaban J connectivity index is 2.08. The van der Waals surface area contributed by atoms with Crippen molar-refractivity contribution >= 4 is 23.4 Å². The third-order valence-electron chi connectivity index (χ3n) is 6.78. The van der Waals surface area contributed by atoms with Gasteiger partial charge in [0.2, 0.25) is 0 Å². The second-order valence-corrected chi connectivity index (χ2v) is 14.6. The lowest BCUT2D eigenvalue weighted by atomic mass is 9.78. The smallest absolute Gasteiger partial charge is 0.168 e. The highest BCUT2D eigenvalue weighted by atomic mass is 31.2. The molecule has 4 heteroatoms. The average molecular weight is 512 g/mol. The van der Waals surface area contributed by atoms with E-state index in [0.29, 0.717) is 5.75 Å². The van der Waals surface area contributed by atoms with Crippen LogP contribution in [0.1, 0.15) is 64.0 Å². The maximum atomic E-state index is 15.6. The molecule has 1 atom stereocenters. The normalized spacial score (nSPS) is 13.2. The van der Waals surface area contributed by atoms with Crippen LogP contribution in [0.5, 0.6) is 5.75 Å². The number of hydrogen-bond acceptors (Lipinski definition) is 3. The Morgan fingerprint density at radius 3 is 1.41 bits per heavy atom. The molecule has 0 fully saturated rings. The van der Waals surface area contributed by atoms with Crippen molar-refractivity contribution in [2.24, 2.45) is 0 Å². The van der Waals surface area contributed by atoms with E-state index in [9.17, 15) is 5.11 Å². The molecule has 0 saturated heterocycles. The van der Waals surface area contributed by atoms with Crippen LogP contribution in [0.15, 0.2) is 103 Å². The Morgan fingerprint density at radius 1 is 0.649 bits per heavy atom. The first-order valence-corrected chi connectivity index (χ1v) is 14.6. The highest BCUT2D eigenvalue weighted by Gasteiger charge is 2.39. The minimum atomic E-state index is -3.27. The average Bonchev–Trinajstić information content (AvgIpc) is 2.87. The number of anilines is 1. The van der Waals surface area contributed by atoms with Crippen molar-refractivity contribution in [3.8, 4) is 5.75 Å². The molecule has 0 saturated carbocycles. The van der Waals surface area contributed by atoms with Gasteiger partial charge in [-0.2, -0.15) is 0 Å². The van der Waals surface area contributed by atoms with E-state index in [-0.39, 0.29) is 10.8 Å². The van der Waals surface area contributed by atoms with E-state index in [4.69, 9.17) is 0 Å². The largest absolute Gasteiger partial charge is 0.507 e. The van der Waals surface area contributed by atoms with Gasteiger partial charge in [-0.3, -0.25) is 0 Å². The van der Waals surface area contributed by atoms with E-state index in [2.05, 4.69) is 46.9 Å². The highest BCUT2D eigenvalue weighted by Crippen LogP contribution is 2.58. The fraction of sp³-hybridized carbons (Fsp3) is 0.273. The minimum Gasteiger partial charge on any atom is -0.507 e. The van der Waals surface area contributed by atoms with Gasteiger partial charge < -0.3 is 15.0 Å². The molecular formula is C33H38NO2P. The first-order chi connectivity index (χ1) is 17.4. The summed E-state index contributed by atoms with van der Waals surface area (Å²) in [6.07, 6.45) is 0. The third kappa shape index (κ3) is 5.53. The molecule has 37 heavy (non-hydrogen) atoms. The zero-order chi connectivity index (χ0) is 26.8. The molecule has 0 aromatic heterocycles. The van der Waals surface area contributed by atoms with Crippen LogP contribution in [0, 0.1) is 0 Å². The lowest BCUT2D eigenvalue weighted by molar-refractivity contribution is 0.422. The molecule has 192 valence electrons. The Labute approximate surface area is 222 Å². The van der Waals surface area contributed by atoms with E-state index in [1.54, 1.807) is 0 Å². The highest BCUT2D eigenvalue weighted by molar-refractivity contribution is 7.79. The summed E-state index contributed by atoms with van der Waals surface area (Å²) >= 11 is 0. The fourth-order valence-electron chi connectivity index (χ4n) is 4.78. The Kier molecular flexibility index (Phi) is 7.40. The molecule has 0 amide bonds. The predicted octanol–water partition coefficient (Wildman–Crippen LogP) is 8.11. The standard InChI is InChI=1S/C33H38NO2P/c1-32(2,3)28-22-24(23-29(30(28)35)33(4,5)6)31(34-25-16-10-7-11-17-25)37(36,26-18-12-8-13-19-26)27-20-14-9-15-21-27/h7-23,31,34-35H,1-6H3. The lowest BCUT2D eigenvalue weighted by Crippen LogP contribution is -2.27. The van der Waals surface area contributed by atoms with Gasteiger partial charge in [0.1, 0.15) is 11.5 Å². The molecule has 0 aliphatic carbocycles. The molecule has 4 aromatic rings. The van der Waals surface area contributed by atoms with Crippen molar-refractivity contribution in [3.05, 3.63) is 120 Å². The minimum absolute atomic E-state index is 0.305. The number of hydrogen-bond donors (Lipinski definition) is 2. The van der Waals surface area contributed by atoms with Gasteiger partial charge in [-0.25, -0.2) is 0 Å². The Hall–Kier alpha value is -3.29. The maximum absolute atomic E-state index is 15.6. The van der Waals surface area contributed by atoms with Gasteiger partial charge in [0.05, 0.1) is 0 Å². The summed E-state index contributed by atoms with van der Waals surface area (Å²) in [6.45, 7) is 12.6. The van der Waals surface area contributed by atoms with Crippen molar-refractivity contribution in [1.82, 2.24) is 0 Å². The number of nitrogens with one attached hydrogen (secondary N) is 1. The predicted molar refractivity (Wildman–Crippen MR) is 158 cm³/mol. The van der Waals surface area contributed by atoms with Crippen molar-refractivity contribution in [2.75, 3.05) is 5.32 Å². The summed E-state index contributed by atoms with van der Waals surface area (Å²) in [5.41, 5.74) is 2.88. The molecule has 2 N–H and O–H groups in total. The number of phenolic OH excluding ortho intramolecular Hbond substituents is 1. The molecule has 0 heterocycles. The molecule has 0 aliphatic heterocycles. The van der Waals surface area contributed by atoms with Crippen molar-refractivity contribution in [2.45, 2.75) is 58.2 Å². The SMILES string of the molecule is CC(C)(C)c1cc(C(Nc2ccccc2)P(=O)(c2ccccc2)c2ccccc2)cc(C(C)(C)C)c1O. The zero-order valence-corrected chi connectivity index (χ0v) is 23.6. The molecular weight excluding hydrogens is 473 g/mol. The topological polar surface area (TPSA) is 49.3 Å². The molecule has 3 nitrogen and oxygen atoms in total. The summed E-state index contributed by atoms with van der Waals surface area (Å²) in [5.74, 6) is -0.237. The maximum Gasteiger partial charge on any atom is 0.168 e. The zero-order valence-electron chi connectivity index (χ0n) is 22.7. The van der Waals surface area contributed by atoms with Crippen molar-refractivity contribution in [3.63, 3.8) is 0 Å². The first-order valence-electron chi connectivity index (χ1n) is 12.8. The summed E-state index contributed by atoms with van der Waals surface area (Å²) in [6, 6.07) is 33.6. The number of para-hydroxylation sites is 1. The second-order valence-electron chi connectivity index (χ2n) is 11.7. The van der Waals surface area contributed by atoms with E-state index >= 15 is 4.57 Å². The van der Waals surface area contributed by atoms with E-state index < -0.39 is 12.9 Å². The molecule has 0 radical (unpaired) electrons. The summed E-state index contributed by atoms with van der Waals surface area (Å²) in [4.78, 5) is 0. The van der Waals surface area contributed by atoms with Crippen LogP contribution >= 0.6 is 7.14 Å². The number of aromatic hydroxyl groups is 1. The summed E-state index contributed by atoms with van der Waals surface area (Å²) in [7, 11) is -3.27. The van der Waals surface area contributed by atoms with Crippen LogP contribution in [-0.4, -0.2) is 5.11 Å². The monoisotopic (exact) mass is 511 g/mol. The Morgan fingerprint density at radius 2 is 1.03 bits per heavy atom. The fourth-order valence-corrected chi connectivity index (χ4v) is 7.80. The summed E-state index contributed by atoms with van der Waals surface area (Å²) < 4.78 is 15.6. The lowest BCUT2D eigenvalue weighted by Gasteiger charge is -2.34. The van der Waals surface area contributed by atoms with Gasteiger partial charge in [-0.15, -0.1) is 0 Å². The molecule has 0 bridgehead atoms. The first kappa shape index (κ1) is 26.8.